The Kier molecular flexibility index (Phi) is 6.08. The number of methoxy groups -OCH3 is 2. The van der Waals surface area contributed by atoms with Crippen LogP contribution < -0.4 is 9.47 Å². The number of ketones is 1. The van der Waals surface area contributed by atoms with Gasteiger partial charge in [-0.1, -0.05) is 24.6 Å². The van der Waals surface area contributed by atoms with E-state index in [0.717, 1.165) is 0 Å². The molecule has 1 aromatic heterocycles. The zero-order chi connectivity index (χ0) is 21.1. The van der Waals surface area contributed by atoms with Gasteiger partial charge in [-0.3, -0.25) is 14.6 Å². The van der Waals surface area contributed by atoms with Crippen molar-refractivity contribution < 1.29 is 24.2 Å². The molecule has 0 bridgehead atoms. The number of ether oxygens (including phenoxy) is 2. The van der Waals surface area contributed by atoms with E-state index in [-0.39, 0.29) is 27.7 Å². The summed E-state index contributed by atoms with van der Waals surface area (Å²) >= 11 is 6.14. The van der Waals surface area contributed by atoms with Crippen LogP contribution in [0.15, 0.2) is 42.1 Å². The fourth-order valence-corrected chi connectivity index (χ4v) is 3.62. The Morgan fingerprint density at radius 3 is 2.52 bits per heavy atom. The molecule has 0 aliphatic carbocycles. The molecular formula is C21H21ClN2O5. The van der Waals surface area contributed by atoms with Gasteiger partial charge in [0.1, 0.15) is 23.3 Å². The van der Waals surface area contributed by atoms with Crippen LogP contribution in [-0.4, -0.2) is 47.4 Å². The van der Waals surface area contributed by atoms with E-state index in [1.807, 2.05) is 6.92 Å². The second kappa shape index (κ2) is 8.53. The Bertz CT molecular complexity index is 975. The molecule has 1 N–H and O–H groups in total. The van der Waals surface area contributed by atoms with E-state index < -0.39 is 17.7 Å². The molecule has 2 aromatic rings. The minimum Gasteiger partial charge on any atom is -0.507 e. The number of halogens is 1. The summed E-state index contributed by atoms with van der Waals surface area (Å²) in [5.74, 6) is -1.28. The quantitative estimate of drug-likeness (QED) is 0.440. The standard InChI is InChI=1S/C21H21ClN2O5/c1-4-9-24-18(14-7-5-6-8-23-14)17(20(26)21(24)27)19(25)12-10-16(29-3)13(22)11-15(12)28-2/h5-8,10-11,18,25H,4,9H2,1-3H3/b19-17+. The first-order valence-corrected chi connectivity index (χ1v) is 9.43. The normalized spacial score (nSPS) is 18.2. The number of hydrogen-bond donors (Lipinski definition) is 1. The molecule has 3 rings (SSSR count). The SMILES string of the molecule is CCCN1C(=O)C(=O)/C(=C(/O)c2cc(OC)c(Cl)cc2OC)C1c1ccccn1. The van der Waals surface area contributed by atoms with Crippen LogP contribution in [-0.2, 0) is 9.59 Å². The molecule has 152 valence electrons. The Morgan fingerprint density at radius 2 is 1.93 bits per heavy atom. The van der Waals surface area contributed by atoms with E-state index in [9.17, 15) is 14.7 Å². The predicted octanol–water partition coefficient (Wildman–Crippen LogP) is 3.58. The maximum atomic E-state index is 12.9. The van der Waals surface area contributed by atoms with Crippen LogP contribution in [0.25, 0.3) is 5.76 Å². The number of benzene rings is 1. The highest BCUT2D eigenvalue weighted by Gasteiger charge is 2.46. The van der Waals surface area contributed by atoms with Crippen LogP contribution in [0.3, 0.4) is 0 Å². The molecule has 1 fully saturated rings. The molecule has 0 spiro atoms. The molecule has 1 aliphatic rings. The molecule has 1 amide bonds. The average molecular weight is 417 g/mol. The molecule has 7 nitrogen and oxygen atoms in total. The second-order valence-electron chi connectivity index (χ2n) is 6.43. The van der Waals surface area contributed by atoms with Crippen molar-refractivity contribution in [2.45, 2.75) is 19.4 Å². The molecule has 0 radical (unpaired) electrons. The zero-order valence-corrected chi connectivity index (χ0v) is 17.1. The van der Waals surface area contributed by atoms with E-state index >= 15 is 0 Å². The van der Waals surface area contributed by atoms with Gasteiger partial charge in [0.05, 0.1) is 36.1 Å². The number of carbonyl (C=O) groups is 2. The third-order valence-corrected chi connectivity index (χ3v) is 5.00. The Hall–Kier alpha value is -3.06. The molecule has 1 unspecified atom stereocenters. The number of likely N-dealkylation sites (tertiary alicyclic amines) is 1. The van der Waals surface area contributed by atoms with Crippen LogP contribution >= 0.6 is 11.6 Å². The van der Waals surface area contributed by atoms with Gasteiger partial charge in [0.15, 0.2) is 0 Å². The number of nitrogens with zero attached hydrogens (tertiary/aromatic N) is 2. The van der Waals surface area contributed by atoms with Gasteiger partial charge in [-0.2, -0.15) is 0 Å². The van der Waals surface area contributed by atoms with E-state index in [0.29, 0.717) is 24.4 Å². The smallest absolute Gasteiger partial charge is 0.295 e. The Labute approximate surface area is 173 Å². The molecule has 2 heterocycles. The summed E-state index contributed by atoms with van der Waals surface area (Å²) in [5, 5.41) is 11.4. The number of aromatic nitrogens is 1. The number of hydrogen-bond acceptors (Lipinski definition) is 6. The van der Waals surface area contributed by atoms with Crippen molar-refractivity contribution in [3.63, 3.8) is 0 Å². The highest BCUT2D eigenvalue weighted by atomic mass is 35.5. The maximum Gasteiger partial charge on any atom is 0.295 e. The van der Waals surface area contributed by atoms with Crippen molar-refractivity contribution in [1.82, 2.24) is 9.88 Å². The van der Waals surface area contributed by atoms with Gasteiger partial charge >= 0.3 is 0 Å². The van der Waals surface area contributed by atoms with E-state index in [1.54, 1.807) is 24.4 Å². The van der Waals surface area contributed by atoms with Gasteiger partial charge in [-0.25, -0.2) is 0 Å². The molecule has 29 heavy (non-hydrogen) atoms. The van der Waals surface area contributed by atoms with Gasteiger partial charge in [0.2, 0.25) is 0 Å². The highest BCUT2D eigenvalue weighted by Crippen LogP contribution is 2.42. The summed E-state index contributed by atoms with van der Waals surface area (Å²) in [5.41, 5.74) is 0.635. The lowest BCUT2D eigenvalue weighted by Crippen LogP contribution is -2.30. The van der Waals surface area contributed by atoms with Crippen LogP contribution in [0.2, 0.25) is 5.02 Å². The topological polar surface area (TPSA) is 89.0 Å². The molecule has 1 aromatic carbocycles. The van der Waals surface area contributed by atoms with Crippen molar-refractivity contribution in [1.29, 1.82) is 0 Å². The molecule has 1 saturated heterocycles. The molecule has 0 saturated carbocycles. The number of pyridine rings is 1. The van der Waals surface area contributed by atoms with Crippen molar-refractivity contribution in [2.24, 2.45) is 0 Å². The summed E-state index contributed by atoms with van der Waals surface area (Å²) in [6, 6.07) is 7.37. The van der Waals surface area contributed by atoms with Gasteiger partial charge in [-0.05, 0) is 24.6 Å². The molecular weight excluding hydrogens is 396 g/mol. The van der Waals surface area contributed by atoms with E-state index in [2.05, 4.69) is 4.98 Å². The first-order chi connectivity index (χ1) is 13.9. The van der Waals surface area contributed by atoms with Crippen LogP contribution in [0.4, 0.5) is 0 Å². The maximum absolute atomic E-state index is 12.9. The van der Waals surface area contributed by atoms with Crippen molar-refractivity contribution in [2.75, 3.05) is 20.8 Å². The van der Waals surface area contributed by atoms with Gasteiger partial charge in [-0.15, -0.1) is 0 Å². The average Bonchev–Trinajstić information content (AvgIpc) is 2.99. The predicted molar refractivity (Wildman–Crippen MR) is 108 cm³/mol. The highest BCUT2D eigenvalue weighted by molar-refractivity contribution is 6.46. The Balaban J connectivity index is 2.26. The summed E-state index contributed by atoms with van der Waals surface area (Å²) in [4.78, 5) is 31.3. The van der Waals surface area contributed by atoms with Crippen LogP contribution in [0.5, 0.6) is 11.5 Å². The van der Waals surface area contributed by atoms with Crippen LogP contribution in [0.1, 0.15) is 30.6 Å². The molecule has 1 aliphatic heterocycles. The first-order valence-electron chi connectivity index (χ1n) is 9.05. The summed E-state index contributed by atoms with van der Waals surface area (Å²) in [6.07, 6.45) is 2.22. The molecule has 8 heteroatoms. The Morgan fingerprint density at radius 1 is 1.21 bits per heavy atom. The minimum absolute atomic E-state index is 0.0511. The number of aliphatic hydroxyl groups excluding tert-OH is 1. The van der Waals surface area contributed by atoms with Crippen molar-refractivity contribution in [3.8, 4) is 11.5 Å². The monoisotopic (exact) mass is 416 g/mol. The fourth-order valence-electron chi connectivity index (χ4n) is 3.39. The van der Waals surface area contributed by atoms with E-state index in [4.69, 9.17) is 21.1 Å². The van der Waals surface area contributed by atoms with Crippen LogP contribution in [0, 0.1) is 0 Å². The third-order valence-electron chi connectivity index (χ3n) is 4.70. The number of aliphatic hydroxyl groups is 1. The minimum atomic E-state index is -0.803. The van der Waals surface area contributed by atoms with Gasteiger partial charge in [0.25, 0.3) is 11.7 Å². The summed E-state index contributed by atoms with van der Waals surface area (Å²) in [6.45, 7) is 2.26. The number of Topliss-reactive ketones (excluding diaryl/α,β-unsaturated/α-hetero) is 1. The second-order valence-corrected chi connectivity index (χ2v) is 6.84. The number of rotatable bonds is 6. The lowest BCUT2D eigenvalue weighted by Gasteiger charge is -2.24. The van der Waals surface area contributed by atoms with E-state index in [1.165, 1.54) is 31.3 Å². The van der Waals surface area contributed by atoms with Crippen molar-refractivity contribution in [3.05, 3.63) is 58.4 Å². The molecule has 1 atom stereocenters. The number of amides is 1. The fraction of sp³-hybridized carbons (Fsp3) is 0.286. The lowest BCUT2D eigenvalue weighted by atomic mass is 9.97. The summed E-state index contributed by atoms with van der Waals surface area (Å²) in [7, 11) is 2.85. The zero-order valence-electron chi connectivity index (χ0n) is 16.3. The number of carbonyl (C=O) groups excluding carboxylic acids is 2. The van der Waals surface area contributed by atoms with Gasteiger partial charge in [0, 0.05) is 18.8 Å². The summed E-state index contributed by atoms with van der Waals surface area (Å²) < 4.78 is 10.5. The van der Waals surface area contributed by atoms with Crippen molar-refractivity contribution >= 4 is 29.1 Å². The van der Waals surface area contributed by atoms with Gasteiger partial charge < -0.3 is 19.5 Å². The largest absolute Gasteiger partial charge is 0.507 e. The third kappa shape index (κ3) is 3.65. The first kappa shape index (κ1) is 20.7. The lowest BCUT2D eigenvalue weighted by molar-refractivity contribution is -0.139.